The van der Waals surface area contributed by atoms with Gasteiger partial charge in [0.2, 0.25) is 0 Å². The van der Waals surface area contributed by atoms with E-state index in [1.807, 2.05) is 31.2 Å². The number of para-hydroxylation sites is 1. The van der Waals surface area contributed by atoms with Crippen molar-refractivity contribution >= 4 is 34.3 Å². The molecule has 0 saturated heterocycles. The molecule has 2 amide bonds. The summed E-state index contributed by atoms with van der Waals surface area (Å²) in [6.45, 7) is 7.22. The van der Waals surface area contributed by atoms with E-state index in [0.717, 1.165) is 16.9 Å². The molecule has 172 valence electrons. The zero-order chi connectivity index (χ0) is 23.6. The van der Waals surface area contributed by atoms with Gasteiger partial charge in [-0.05, 0) is 51.3 Å². The highest BCUT2D eigenvalue weighted by Crippen LogP contribution is 2.42. The molecule has 0 bridgehead atoms. The Hall–Kier alpha value is -3.07. The molecule has 0 unspecified atom stereocenters. The van der Waals surface area contributed by atoms with Crippen molar-refractivity contribution in [2.75, 3.05) is 25.2 Å². The minimum absolute atomic E-state index is 0.111. The fraction of sp³-hybridized carbons (Fsp3) is 0.435. The molecule has 32 heavy (non-hydrogen) atoms. The van der Waals surface area contributed by atoms with Crippen LogP contribution in [0, 0.1) is 6.92 Å². The number of fused-ring (bicyclic) bond motifs is 1. The smallest absolute Gasteiger partial charge is 0.348 e. The lowest BCUT2D eigenvalue weighted by molar-refractivity contribution is -0.147. The number of hydrogen-bond acceptors (Lipinski definition) is 6. The molecule has 0 fully saturated rings. The number of benzene rings is 1. The highest BCUT2D eigenvalue weighted by Gasteiger charge is 2.45. The van der Waals surface area contributed by atoms with Gasteiger partial charge in [-0.3, -0.25) is 4.90 Å². The molecule has 1 N–H and O–H groups in total. The lowest BCUT2D eigenvalue weighted by atomic mass is 9.99. The number of methoxy groups -OCH3 is 1. The van der Waals surface area contributed by atoms with Crippen LogP contribution in [0.15, 0.2) is 24.3 Å². The number of ether oxygens (including phenoxy) is 2. The summed E-state index contributed by atoms with van der Waals surface area (Å²) in [5.74, 6) is -0.822. The summed E-state index contributed by atoms with van der Waals surface area (Å²) in [6, 6.07) is 7.15. The standard InChI is InChI=1S/C23H28N2O6S/c1-6-31-20(26)18-14(2)16-13-25(23(3,4)21(27)28)22(29)24(19(16)32-18)12-11-15-9-7-8-10-17(15)30-5/h7-10H,6,11-13H2,1-5H3,(H,27,28). The van der Waals surface area contributed by atoms with Crippen molar-refractivity contribution < 1.29 is 29.0 Å². The number of anilines is 1. The molecule has 1 aromatic carbocycles. The number of carboxylic acids is 1. The number of rotatable bonds is 8. The summed E-state index contributed by atoms with van der Waals surface area (Å²) in [5, 5.41) is 10.4. The summed E-state index contributed by atoms with van der Waals surface area (Å²) in [6.07, 6.45) is 0.502. The number of thiophene rings is 1. The van der Waals surface area contributed by atoms with Crippen molar-refractivity contribution in [3.05, 3.63) is 45.8 Å². The highest BCUT2D eigenvalue weighted by molar-refractivity contribution is 7.18. The average Bonchev–Trinajstić information content (AvgIpc) is 3.09. The largest absolute Gasteiger partial charge is 0.496 e. The van der Waals surface area contributed by atoms with E-state index in [4.69, 9.17) is 9.47 Å². The first kappa shape index (κ1) is 23.6. The maximum absolute atomic E-state index is 13.5. The average molecular weight is 461 g/mol. The van der Waals surface area contributed by atoms with Gasteiger partial charge in [0.1, 0.15) is 21.2 Å². The predicted molar refractivity (Wildman–Crippen MR) is 122 cm³/mol. The molecule has 2 heterocycles. The van der Waals surface area contributed by atoms with Gasteiger partial charge in [-0.25, -0.2) is 14.4 Å². The third-order valence-corrected chi connectivity index (χ3v) is 7.07. The van der Waals surface area contributed by atoms with Gasteiger partial charge < -0.3 is 19.5 Å². The first-order valence-corrected chi connectivity index (χ1v) is 11.2. The zero-order valence-electron chi connectivity index (χ0n) is 18.9. The maximum atomic E-state index is 13.5. The lowest BCUT2D eigenvalue weighted by Crippen LogP contribution is -2.59. The Balaban J connectivity index is 2.04. The van der Waals surface area contributed by atoms with Gasteiger partial charge in [-0.2, -0.15) is 0 Å². The Labute approximate surface area is 191 Å². The van der Waals surface area contributed by atoms with Crippen molar-refractivity contribution in [1.82, 2.24) is 4.90 Å². The molecule has 3 rings (SSSR count). The van der Waals surface area contributed by atoms with Crippen LogP contribution in [-0.2, 0) is 22.5 Å². The van der Waals surface area contributed by atoms with Gasteiger partial charge in [0.05, 0.1) is 20.3 Å². The summed E-state index contributed by atoms with van der Waals surface area (Å²) in [4.78, 5) is 41.2. The zero-order valence-corrected chi connectivity index (χ0v) is 19.7. The van der Waals surface area contributed by atoms with Gasteiger partial charge >= 0.3 is 18.0 Å². The molecule has 0 radical (unpaired) electrons. The van der Waals surface area contributed by atoms with Gasteiger partial charge in [-0.15, -0.1) is 11.3 Å². The number of carboxylic acid groups (broad SMARTS) is 1. The molecule has 0 aliphatic carbocycles. The Morgan fingerprint density at radius 1 is 1.25 bits per heavy atom. The van der Waals surface area contributed by atoms with Crippen LogP contribution in [0.3, 0.4) is 0 Å². The van der Waals surface area contributed by atoms with Crippen molar-refractivity contribution in [2.45, 2.75) is 46.2 Å². The summed E-state index contributed by atoms with van der Waals surface area (Å²) in [7, 11) is 1.59. The molecular formula is C23H28N2O6S. The molecule has 9 heteroatoms. The van der Waals surface area contributed by atoms with E-state index in [-0.39, 0.29) is 13.2 Å². The Bertz CT molecular complexity index is 1050. The van der Waals surface area contributed by atoms with Crippen LogP contribution in [0.25, 0.3) is 0 Å². The van der Waals surface area contributed by atoms with Crippen LogP contribution >= 0.6 is 11.3 Å². The second kappa shape index (κ2) is 9.20. The van der Waals surface area contributed by atoms with E-state index in [2.05, 4.69) is 0 Å². The van der Waals surface area contributed by atoms with Crippen molar-refractivity contribution in [1.29, 1.82) is 0 Å². The molecular weight excluding hydrogens is 432 g/mol. The highest BCUT2D eigenvalue weighted by atomic mass is 32.1. The molecule has 0 saturated carbocycles. The third kappa shape index (κ3) is 4.17. The van der Waals surface area contributed by atoms with Crippen LogP contribution in [0.2, 0.25) is 0 Å². The molecule has 2 aromatic rings. The van der Waals surface area contributed by atoms with E-state index in [9.17, 15) is 19.5 Å². The molecule has 1 aliphatic rings. The molecule has 1 aliphatic heterocycles. The van der Waals surface area contributed by atoms with Gasteiger partial charge in [0, 0.05) is 12.1 Å². The van der Waals surface area contributed by atoms with Crippen LogP contribution in [0.1, 0.15) is 47.1 Å². The fourth-order valence-electron chi connectivity index (χ4n) is 3.68. The first-order chi connectivity index (χ1) is 15.1. The topological polar surface area (TPSA) is 96.4 Å². The number of nitrogens with zero attached hydrogens (tertiary/aromatic N) is 2. The van der Waals surface area contributed by atoms with Gasteiger partial charge in [-0.1, -0.05) is 18.2 Å². The summed E-state index contributed by atoms with van der Waals surface area (Å²) >= 11 is 1.21. The first-order valence-electron chi connectivity index (χ1n) is 10.4. The number of amides is 2. The van der Waals surface area contributed by atoms with Crippen LogP contribution in [-0.4, -0.2) is 53.8 Å². The van der Waals surface area contributed by atoms with Crippen molar-refractivity contribution in [2.24, 2.45) is 0 Å². The van der Waals surface area contributed by atoms with Crippen molar-refractivity contribution in [3.63, 3.8) is 0 Å². The third-order valence-electron chi connectivity index (χ3n) is 5.73. The molecule has 1 aromatic heterocycles. The normalized spacial score (nSPS) is 13.7. The SMILES string of the molecule is CCOC(=O)c1sc2c(c1C)CN(C(C)(C)C(=O)O)C(=O)N2CCc1ccccc1OC. The van der Waals surface area contributed by atoms with Crippen molar-refractivity contribution in [3.8, 4) is 5.75 Å². The summed E-state index contributed by atoms with van der Waals surface area (Å²) < 4.78 is 10.6. The van der Waals surface area contributed by atoms with E-state index < -0.39 is 23.5 Å². The number of carbonyl (C=O) groups is 3. The van der Waals surface area contributed by atoms with Crippen LogP contribution in [0.5, 0.6) is 5.75 Å². The second-order valence-corrected chi connectivity index (χ2v) is 9.01. The number of urea groups is 1. The van der Waals surface area contributed by atoms with E-state index in [1.165, 1.54) is 30.1 Å². The number of aliphatic carboxylic acids is 1. The number of esters is 1. The minimum Gasteiger partial charge on any atom is -0.496 e. The predicted octanol–water partition coefficient (Wildman–Crippen LogP) is 4.09. The van der Waals surface area contributed by atoms with E-state index in [1.54, 1.807) is 18.9 Å². The maximum Gasteiger partial charge on any atom is 0.348 e. The number of carbonyl (C=O) groups excluding carboxylic acids is 2. The van der Waals surface area contributed by atoms with Gasteiger partial charge in [0.15, 0.2) is 0 Å². The molecule has 8 nitrogen and oxygen atoms in total. The van der Waals surface area contributed by atoms with E-state index >= 15 is 0 Å². The Morgan fingerprint density at radius 3 is 2.56 bits per heavy atom. The lowest BCUT2D eigenvalue weighted by Gasteiger charge is -2.42. The number of hydrogen-bond donors (Lipinski definition) is 1. The Morgan fingerprint density at radius 2 is 1.94 bits per heavy atom. The monoisotopic (exact) mass is 460 g/mol. The van der Waals surface area contributed by atoms with Gasteiger partial charge in [0.25, 0.3) is 0 Å². The fourth-order valence-corrected chi connectivity index (χ4v) is 4.91. The minimum atomic E-state index is -1.42. The summed E-state index contributed by atoms with van der Waals surface area (Å²) in [5.41, 5.74) is 0.991. The van der Waals surface area contributed by atoms with E-state index in [0.29, 0.717) is 28.4 Å². The second-order valence-electron chi connectivity index (χ2n) is 8.01. The van der Waals surface area contributed by atoms with Crippen LogP contribution < -0.4 is 9.64 Å². The molecule has 0 spiro atoms. The quantitative estimate of drug-likeness (QED) is 0.596. The van der Waals surface area contributed by atoms with Crippen LogP contribution in [0.4, 0.5) is 9.80 Å². The Kier molecular flexibility index (Phi) is 6.78. The molecule has 0 atom stereocenters.